The molecule has 0 aliphatic carbocycles. The SMILES string of the molecule is C=CC.C=CC.CC.CN(C)/C=C/CCS(N)(=O)=O.OP(O)OCCCc1cccc(F)c1. The maximum atomic E-state index is 12.7. The Morgan fingerprint density at radius 3 is 2.09 bits per heavy atom. The van der Waals surface area contributed by atoms with Gasteiger partial charge in [-0.3, -0.25) is 0 Å². The normalized spacial score (nSPS) is 9.67. The summed E-state index contributed by atoms with van der Waals surface area (Å²) in [5, 5.41) is 4.78. The number of nitrogens with two attached hydrogens (primary N) is 1. The van der Waals surface area contributed by atoms with Gasteiger partial charge in [-0.25, -0.2) is 17.9 Å². The minimum atomic E-state index is -3.29. The van der Waals surface area contributed by atoms with Gasteiger partial charge in [-0.1, -0.05) is 44.2 Å². The molecule has 0 aliphatic heterocycles. The van der Waals surface area contributed by atoms with Crippen molar-refractivity contribution in [2.45, 2.75) is 47.0 Å². The van der Waals surface area contributed by atoms with E-state index in [4.69, 9.17) is 14.9 Å². The summed E-state index contributed by atoms with van der Waals surface area (Å²) in [5.74, 6) is -0.243. The monoisotopic (exact) mass is 510 g/mol. The lowest BCUT2D eigenvalue weighted by Gasteiger charge is -2.03. The number of primary sulfonamides is 1. The smallest absolute Gasteiger partial charge is 0.327 e. The van der Waals surface area contributed by atoms with Crippen LogP contribution in [-0.4, -0.2) is 49.6 Å². The highest BCUT2D eigenvalue weighted by Gasteiger charge is 2.00. The third-order valence-electron chi connectivity index (χ3n) is 2.68. The summed E-state index contributed by atoms with van der Waals surface area (Å²) in [5.41, 5.74) is 0.883. The Morgan fingerprint density at radius 2 is 1.70 bits per heavy atom. The molecule has 10 heteroatoms. The van der Waals surface area contributed by atoms with Crippen molar-refractivity contribution < 1.29 is 27.1 Å². The molecule has 0 saturated heterocycles. The first-order chi connectivity index (χ1) is 15.4. The maximum Gasteiger partial charge on any atom is 0.327 e. The number of halogens is 1. The molecule has 1 rings (SSSR count). The molecule has 7 nitrogen and oxygen atoms in total. The fourth-order valence-electron chi connectivity index (χ4n) is 1.63. The van der Waals surface area contributed by atoms with E-state index in [2.05, 4.69) is 17.7 Å². The molecule has 0 radical (unpaired) electrons. The van der Waals surface area contributed by atoms with Crippen molar-refractivity contribution in [2.75, 3.05) is 26.5 Å². The molecule has 1 aromatic carbocycles. The lowest BCUT2D eigenvalue weighted by Crippen LogP contribution is -2.15. The summed E-state index contributed by atoms with van der Waals surface area (Å²) in [6.45, 7) is 14.8. The second-order valence-corrected chi connectivity index (χ2v) is 8.64. The first kappa shape index (κ1) is 38.6. The van der Waals surface area contributed by atoms with Gasteiger partial charge >= 0.3 is 8.60 Å². The maximum absolute atomic E-state index is 12.7. The van der Waals surface area contributed by atoms with E-state index in [9.17, 15) is 12.8 Å². The largest absolute Gasteiger partial charge is 0.384 e. The number of allylic oxidation sites excluding steroid dienone is 3. The standard InChI is InChI=1S/C9H12FO3P.C6H14N2O2S.2C3H6.C2H6/c10-9-5-1-3-8(7-9)4-2-6-13-14(11)12;1-8(2)5-3-4-6-11(7,9)10;2*1-3-2;1-2/h1,3,5,7,11-12H,2,4,6H2;3,5H,4,6H2,1-2H3,(H2,7,9,10);2*3H,1H2,2H3;1-2H3/b;5-3+;;;. The molecular formula is C23H44FN2O5PS. The van der Waals surface area contributed by atoms with Gasteiger partial charge in [0.2, 0.25) is 10.0 Å². The molecular weight excluding hydrogens is 466 g/mol. The first-order valence-electron chi connectivity index (χ1n) is 10.5. The van der Waals surface area contributed by atoms with Crippen LogP contribution in [0.4, 0.5) is 4.39 Å². The van der Waals surface area contributed by atoms with Crippen molar-refractivity contribution >= 4 is 18.6 Å². The van der Waals surface area contributed by atoms with E-state index in [-0.39, 0.29) is 18.2 Å². The summed E-state index contributed by atoms with van der Waals surface area (Å²) in [4.78, 5) is 18.7. The van der Waals surface area contributed by atoms with Crippen molar-refractivity contribution in [3.8, 4) is 0 Å². The van der Waals surface area contributed by atoms with E-state index in [1.54, 1.807) is 30.5 Å². The van der Waals surface area contributed by atoms with Crippen LogP contribution in [0.1, 0.15) is 46.1 Å². The Labute approximate surface area is 202 Å². The molecule has 0 aromatic heterocycles. The predicted molar refractivity (Wildman–Crippen MR) is 141 cm³/mol. The Morgan fingerprint density at radius 1 is 1.18 bits per heavy atom. The quantitative estimate of drug-likeness (QED) is 0.241. The molecule has 0 aliphatic rings. The molecule has 0 bridgehead atoms. The van der Waals surface area contributed by atoms with Crippen molar-refractivity contribution in [1.82, 2.24) is 4.90 Å². The topological polar surface area (TPSA) is 113 Å². The van der Waals surface area contributed by atoms with Gasteiger partial charge in [-0.05, 0) is 57.0 Å². The summed E-state index contributed by atoms with van der Waals surface area (Å²) >= 11 is 0. The molecule has 0 atom stereocenters. The van der Waals surface area contributed by atoms with Crippen LogP contribution >= 0.6 is 8.60 Å². The van der Waals surface area contributed by atoms with Gasteiger partial charge < -0.3 is 19.2 Å². The Kier molecular flexibility index (Phi) is 33.3. The zero-order valence-corrected chi connectivity index (χ0v) is 22.7. The van der Waals surface area contributed by atoms with Crippen LogP contribution in [0.3, 0.4) is 0 Å². The number of rotatable bonds is 9. The summed E-state index contributed by atoms with van der Waals surface area (Å²) in [7, 11) is -1.82. The number of benzene rings is 1. The molecule has 0 fully saturated rings. The third kappa shape index (κ3) is 44.8. The molecule has 194 valence electrons. The molecule has 0 amide bonds. The highest BCUT2D eigenvalue weighted by atomic mass is 32.2. The number of hydrogen-bond donors (Lipinski definition) is 3. The molecule has 0 unspecified atom stereocenters. The second kappa shape index (κ2) is 28.4. The van der Waals surface area contributed by atoms with Gasteiger partial charge in [0.1, 0.15) is 5.82 Å². The van der Waals surface area contributed by atoms with Gasteiger partial charge in [-0.15, -0.1) is 13.2 Å². The van der Waals surface area contributed by atoms with Crippen LogP contribution in [0, 0.1) is 5.82 Å². The van der Waals surface area contributed by atoms with Crippen molar-refractivity contribution in [1.29, 1.82) is 0 Å². The van der Waals surface area contributed by atoms with Gasteiger partial charge in [0.15, 0.2) is 0 Å². The lowest BCUT2D eigenvalue weighted by atomic mass is 10.1. The number of aryl methyl sites for hydroxylation is 1. The molecule has 4 N–H and O–H groups in total. The average molecular weight is 511 g/mol. The van der Waals surface area contributed by atoms with E-state index < -0.39 is 18.6 Å². The Hall–Kier alpha value is -1.61. The van der Waals surface area contributed by atoms with Gasteiger partial charge in [0.05, 0.1) is 12.4 Å². The van der Waals surface area contributed by atoms with Crippen molar-refractivity contribution in [3.05, 3.63) is 73.2 Å². The molecule has 0 spiro atoms. The molecule has 1 aromatic rings. The number of hydrogen-bond acceptors (Lipinski definition) is 6. The first-order valence-corrected chi connectivity index (χ1v) is 13.3. The van der Waals surface area contributed by atoms with Crippen LogP contribution in [-0.2, 0) is 21.0 Å². The number of nitrogens with zero attached hydrogens (tertiary/aromatic N) is 1. The van der Waals surface area contributed by atoms with E-state index >= 15 is 0 Å². The molecule has 0 heterocycles. The third-order valence-corrected chi connectivity index (χ3v) is 3.90. The lowest BCUT2D eigenvalue weighted by molar-refractivity contribution is 0.252. The fourth-order valence-corrected chi connectivity index (χ4v) is 2.39. The Balaban J connectivity index is -0.000000197. The molecule has 33 heavy (non-hydrogen) atoms. The van der Waals surface area contributed by atoms with Crippen molar-refractivity contribution in [2.24, 2.45) is 5.14 Å². The zero-order valence-electron chi connectivity index (χ0n) is 20.9. The van der Waals surface area contributed by atoms with Gasteiger partial charge in [0.25, 0.3) is 0 Å². The Bertz CT molecular complexity index is 694. The molecule has 0 saturated carbocycles. The van der Waals surface area contributed by atoms with E-state index in [0.717, 1.165) is 5.56 Å². The van der Waals surface area contributed by atoms with Crippen LogP contribution in [0.5, 0.6) is 0 Å². The van der Waals surface area contributed by atoms with Gasteiger partial charge in [0, 0.05) is 14.1 Å². The minimum absolute atomic E-state index is 0.0112. The summed E-state index contributed by atoms with van der Waals surface area (Å²) in [6, 6.07) is 6.32. The second-order valence-electron chi connectivity index (χ2n) is 6.14. The zero-order chi connectivity index (χ0) is 26.7. The van der Waals surface area contributed by atoms with Crippen molar-refractivity contribution in [3.63, 3.8) is 0 Å². The van der Waals surface area contributed by atoms with E-state index in [0.29, 0.717) is 19.3 Å². The summed E-state index contributed by atoms with van der Waals surface area (Å²) in [6.07, 6.45) is 8.84. The number of sulfonamides is 1. The fraction of sp³-hybridized carbons (Fsp3) is 0.478. The highest BCUT2D eigenvalue weighted by Crippen LogP contribution is 2.24. The predicted octanol–water partition coefficient (Wildman–Crippen LogP) is 5.14. The van der Waals surface area contributed by atoms with E-state index in [1.807, 2.05) is 52.8 Å². The van der Waals surface area contributed by atoms with Crippen LogP contribution in [0.25, 0.3) is 0 Å². The summed E-state index contributed by atoms with van der Waals surface area (Å²) < 4.78 is 38.1. The van der Waals surface area contributed by atoms with Crippen LogP contribution in [0.15, 0.2) is 61.9 Å². The van der Waals surface area contributed by atoms with Gasteiger partial charge in [-0.2, -0.15) is 0 Å². The highest BCUT2D eigenvalue weighted by molar-refractivity contribution is 7.89. The van der Waals surface area contributed by atoms with Crippen LogP contribution < -0.4 is 5.14 Å². The van der Waals surface area contributed by atoms with Crippen LogP contribution in [0.2, 0.25) is 0 Å². The van der Waals surface area contributed by atoms with E-state index in [1.165, 1.54) is 12.1 Å². The average Bonchev–Trinajstić information content (AvgIpc) is 2.71. The minimum Gasteiger partial charge on any atom is -0.384 e.